The first-order chi connectivity index (χ1) is 22.8. The lowest BCUT2D eigenvalue weighted by Crippen LogP contribution is -2.52. The van der Waals surface area contributed by atoms with Gasteiger partial charge in [0.2, 0.25) is 23.0 Å². The number of hydrogen-bond acceptors (Lipinski definition) is 9. The van der Waals surface area contributed by atoms with Gasteiger partial charge in [-0.15, -0.1) is 0 Å². The molecule has 11 heteroatoms. The van der Waals surface area contributed by atoms with Crippen molar-refractivity contribution in [2.45, 2.75) is 76.4 Å². The molecule has 3 aliphatic rings. The van der Waals surface area contributed by atoms with E-state index in [1.807, 2.05) is 18.4 Å². The van der Waals surface area contributed by atoms with Crippen LogP contribution in [0.1, 0.15) is 69.0 Å². The number of aryl methyl sites for hydroxylation is 1. The lowest BCUT2D eigenvalue weighted by molar-refractivity contribution is -0.122. The standard InChI is InChI=1S/C36H50N4O6S/c1-22(41)38-27-13-11-23-19-32(44-2)34(45-3)35(46-4)33(23)25-12-14-28(31(42)20-26(25)27)39-29(15-18-47-5)36(43)37-21-24-9-8-17-40-16-7-6-10-30(24)40/h12,14,19-20,24,27,29-30H,6-11,13,15-18,21H2,1-5H3,(H,37,43)(H,38,41)(H,39,42)/t24-,27-,29-,30+/m0/s1. The Labute approximate surface area is 282 Å². The number of hydrogen-bond donors (Lipinski definition) is 3. The molecule has 1 aliphatic carbocycles. The molecule has 2 saturated heterocycles. The van der Waals surface area contributed by atoms with Crippen molar-refractivity contribution in [2.75, 3.05) is 58.3 Å². The van der Waals surface area contributed by atoms with Gasteiger partial charge in [0.15, 0.2) is 11.5 Å². The maximum absolute atomic E-state index is 13.9. The van der Waals surface area contributed by atoms with Crippen LogP contribution in [-0.2, 0) is 16.0 Å². The van der Waals surface area contributed by atoms with Crippen molar-refractivity contribution in [1.29, 1.82) is 0 Å². The summed E-state index contributed by atoms with van der Waals surface area (Å²) in [5.41, 5.74) is 3.25. The van der Waals surface area contributed by atoms with Gasteiger partial charge in [-0.3, -0.25) is 14.4 Å². The molecule has 2 aromatic carbocycles. The Kier molecular flexibility index (Phi) is 12.0. The van der Waals surface area contributed by atoms with Gasteiger partial charge in [-0.2, -0.15) is 11.8 Å². The maximum Gasteiger partial charge on any atom is 0.242 e. The van der Waals surface area contributed by atoms with Crippen molar-refractivity contribution in [3.63, 3.8) is 0 Å². The molecule has 47 heavy (non-hydrogen) atoms. The van der Waals surface area contributed by atoms with E-state index >= 15 is 0 Å². The SMILES string of the molecule is COc1cc2c(c(OC)c1OC)-c1ccc(N[C@@H](CCSC)C(=O)NC[C@@H]3CCCN4CCCC[C@H]34)c(=O)cc1[C@@H](NC(C)=O)CC2. The molecule has 4 atom stereocenters. The van der Waals surface area contributed by atoms with Crippen molar-refractivity contribution in [3.8, 4) is 28.4 Å². The second-order valence-electron chi connectivity index (χ2n) is 12.8. The largest absolute Gasteiger partial charge is 0.493 e. The van der Waals surface area contributed by atoms with Gasteiger partial charge in [-0.1, -0.05) is 12.5 Å². The van der Waals surface area contributed by atoms with Crippen LogP contribution in [0.25, 0.3) is 11.1 Å². The number of nitrogens with zero attached hydrogens (tertiary/aromatic N) is 1. The van der Waals surface area contributed by atoms with Gasteiger partial charge in [0.25, 0.3) is 0 Å². The van der Waals surface area contributed by atoms with Crippen LogP contribution in [0.3, 0.4) is 0 Å². The molecule has 10 nitrogen and oxygen atoms in total. The lowest BCUT2D eigenvalue weighted by Gasteiger charge is -2.44. The van der Waals surface area contributed by atoms with E-state index < -0.39 is 12.1 Å². The lowest BCUT2D eigenvalue weighted by atomic mass is 9.83. The Morgan fingerprint density at radius 2 is 1.79 bits per heavy atom. The Morgan fingerprint density at radius 1 is 1.00 bits per heavy atom. The minimum Gasteiger partial charge on any atom is -0.493 e. The highest BCUT2D eigenvalue weighted by atomic mass is 32.2. The van der Waals surface area contributed by atoms with Crippen LogP contribution in [0, 0.1) is 5.92 Å². The van der Waals surface area contributed by atoms with E-state index in [-0.39, 0.29) is 17.2 Å². The quantitative estimate of drug-likeness (QED) is 0.294. The van der Waals surface area contributed by atoms with E-state index in [2.05, 4.69) is 20.9 Å². The van der Waals surface area contributed by atoms with Gasteiger partial charge in [-0.05, 0) is 111 Å². The number of anilines is 1. The molecular formula is C36H50N4O6S. The topological polar surface area (TPSA) is 118 Å². The number of nitrogens with one attached hydrogen (secondary N) is 3. The van der Waals surface area contributed by atoms with E-state index in [0.717, 1.165) is 42.0 Å². The fourth-order valence-electron chi connectivity index (χ4n) is 7.69. The number of rotatable bonds is 12. The summed E-state index contributed by atoms with van der Waals surface area (Å²) in [4.78, 5) is 42.6. The molecule has 0 bridgehead atoms. The first kappa shape index (κ1) is 34.9. The van der Waals surface area contributed by atoms with Crippen molar-refractivity contribution < 1.29 is 23.8 Å². The predicted octanol–water partition coefficient (Wildman–Crippen LogP) is 4.78. The number of carbonyl (C=O) groups is 2. The van der Waals surface area contributed by atoms with E-state index in [0.29, 0.717) is 66.3 Å². The molecule has 0 aromatic heterocycles. The number of methoxy groups -OCH3 is 3. The summed E-state index contributed by atoms with van der Waals surface area (Å²) >= 11 is 1.67. The van der Waals surface area contributed by atoms with Crippen molar-refractivity contribution in [1.82, 2.24) is 15.5 Å². The molecule has 0 spiro atoms. The third-order valence-corrected chi connectivity index (χ3v) is 10.6. The van der Waals surface area contributed by atoms with Gasteiger partial charge >= 0.3 is 0 Å². The van der Waals surface area contributed by atoms with Crippen LogP contribution in [0.4, 0.5) is 5.69 Å². The summed E-state index contributed by atoms with van der Waals surface area (Å²) in [6, 6.07) is 6.72. The van der Waals surface area contributed by atoms with Gasteiger partial charge in [-0.25, -0.2) is 0 Å². The average molecular weight is 667 g/mol. The number of carbonyl (C=O) groups excluding carboxylic acids is 2. The summed E-state index contributed by atoms with van der Waals surface area (Å²) in [7, 11) is 4.72. The summed E-state index contributed by atoms with van der Waals surface area (Å²) in [6.45, 7) is 4.45. The monoisotopic (exact) mass is 666 g/mol. The number of piperidine rings is 2. The zero-order chi connectivity index (χ0) is 33.5. The molecule has 256 valence electrons. The summed E-state index contributed by atoms with van der Waals surface area (Å²) in [6.07, 6.45) is 9.80. The zero-order valence-electron chi connectivity index (χ0n) is 28.4. The number of thioether (sulfide) groups is 1. The van der Waals surface area contributed by atoms with E-state index in [9.17, 15) is 14.4 Å². The minimum atomic E-state index is -0.569. The molecule has 2 aromatic rings. The first-order valence-corrected chi connectivity index (χ1v) is 18.2. The highest BCUT2D eigenvalue weighted by Crippen LogP contribution is 2.50. The van der Waals surface area contributed by atoms with E-state index in [4.69, 9.17) is 14.2 Å². The molecule has 5 rings (SSSR count). The summed E-state index contributed by atoms with van der Waals surface area (Å²) in [5, 5.41) is 9.63. The zero-order valence-corrected chi connectivity index (χ0v) is 29.2. The van der Waals surface area contributed by atoms with Crippen LogP contribution < -0.4 is 35.6 Å². The first-order valence-electron chi connectivity index (χ1n) is 16.8. The second kappa shape index (κ2) is 16.1. The number of fused-ring (bicyclic) bond motifs is 4. The van der Waals surface area contributed by atoms with Crippen LogP contribution >= 0.6 is 11.8 Å². The minimum absolute atomic E-state index is 0.0839. The van der Waals surface area contributed by atoms with Crippen molar-refractivity contribution in [2.24, 2.45) is 5.92 Å². The molecule has 0 unspecified atom stereocenters. The van der Waals surface area contributed by atoms with E-state index in [1.54, 1.807) is 45.2 Å². The Bertz CT molecular complexity index is 1500. The molecule has 2 aliphatic heterocycles. The van der Waals surface area contributed by atoms with E-state index in [1.165, 1.54) is 32.6 Å². The number of ether oxygens (including phenoxy) is 3. The molecule has 0 radical (unpaired) electrons. The molecule has 2 fully saturated rings. The van der Waals surface area contributed by atoms with Crippen molar-refractivity contribution in [3.05, 3.63) is 45.6 Å². The van der Waals surface area contributed by atoms with Gasteiger partial charge in [0, 0.05) is 25.1 Å². The third kappa shape index (κ3) is 7.83. The fourth-order valence-corrected chi connectivity index (χ4v) is 8.16. The molecule has 2 heterocycles. The van der Waals surface area contributed by atoms with Crippen LogP contribution in [0.5, 0.6) is 17.2 Å². The molecule has 3 N–H and O–H groups in total. The number of benzene rings is 1. The van der Waals surface area contributed by atoms with Crippen LogP contribution in [0.2, 0.25) is 0 Å². The highest BCUT2D eigenvalue weighted by Gasteiger charge is 2.34. The highest BCUT2D eigenvalue weighted by molar-refractivity contribution is 7.98. The summed E-state index contributed by atoms with van der Waals surface area (Å²) in [5.74, 6) is 2.44. The van der Waals surface area contributed by atoms with Gasteiger partial charge < -0.3 is 35.1 Å². The van der Waals surface area contributed by atoms with Gasteiger partial charge in [0.1, 0.15) is 6.04 Å². The van der Waals surface area contributed by atoms with Crippen molar-refractivity contribution >= 4 is 29.3 Å². The maximum atomic E-state index is 13.9. The smallest absolute Gasteiger partial charge is 0.242 e. The number of amides is 2. The Morgan fingerprint density at radius 3 is 2.51 bits per heavy atom. The van der Waals surface area contributed by atoms with Gasteiger partial charge in [0.05, 0.1) is 33.1 Å². The Balaban J connectivity index is 1.48. The molecule has 0 saturated carbocycles. The van der Waals surface area contributed by atoms with Crippen LogP contribution in [0.15, 0.2) is 29.1 Å². The normalized spacial score (nSPS) is 21.2. The second-order valence-corrected chi connectivity index (χ2v) is 13.8. The molecule has 2 amide bonds. The average Bonchev–Trinajstić information content (AvgIpc) is 3.32. The third-order valence-electron chi connectivity index (χ3n) is 9.94. The van der Waals surface area contributed by atoms with Crippen LogP contribution in [-0.4, -0.2) is 81.8 Å². The summed E-state index contributed by atoms with van der Waals surface area (Å²) < 4.78 is 17.2. The predicted molar refractivity (Wildman–Crippen MR) is 188 cm³/mol. The fraction of sp³-hybridized carbons (Fsp3) is 0.583. The molecular weight excluding hydrogens is 616 g/mol. The Hall–Kier alpha value is -3.44.